The summed E-state index contributed by atoms with van der Waals surface area (Å²) in [4.78, 5) is 11.9. The van der Waals surface area contributed by atoms with Gasteiger partial charge < -0.3 is 4.74 Å². The van der Waals surface area contributed by atoms with E-state index in [4.69, 9.17) is 16.3 Å². The number of nitrogens with one attached hydrogen (secondary N) is 1. The number of benzene rings is 2. The first-order valence-electron chi connectivity index (χ1n) is 8.44. The lowest BCUT2D eigenvalue weighted by molar-refractivity contribution is -0.123. The number of amides is 1. The Labute approximate surface area is 159 Å². The molecule has 26 heavy (non-hydrogen) atoms. The van der Waals surface area contributed by atoms with E-state index >= 15 is 0 Å². The fraction of sp³-hybridized carbons (Fsp3) is 0.238. The molecular formula is C21H23ClN2O2. The number of rotatable bonds is 7. The van der Waals surface area contributed by atoms with Gasteiger partial charge in [-0.05, 0) is 47.7 Å². The van der Waals surface area contributed by atoms with Crippen LogP contribution in [0.4, 0.5) is 0 Å². The van der Waals surface area contributed by atoms with Crippen molar-refractivity contribution in [2.45, 2.75) is 26.7 Å². The van der Waals surface area contributed by atoms with Crippen LogP contribution >= 0.6 is 11.6 Å². The Morgan fingerprint density at radius 1 is 1.27 bits per heavy atom. The molecule has 0 unspecified atom stereocenters. The van der Waals surface area contributed by atoms with E-state index in [2.05, 4.69) is 24.4 Å². The van der Waals surface area contributed by atoms with Gasteiger partial charge in [0.05, 0.1) is 0 Å². The summed E-state index contributed by atoms with van der Waals surface area (Å²) in [5.41, 5.74) is 5.49. The Kier molecular flexibility index (Phi) is 7.42. The molecule has 1 N–H and O–H groups in total. The molecule has 136 valence electrons. The summed E-state index contributed by atoms with van der Waals surface area (Å²) in [5.74, 6) is 0.739. The van der Waals surface area contributed by atoms with Crippen LogP contribution in [0.15, 0.2) is 53.6 Å². The fourth-order valence-corrected chi connectivity index (χ4v) is 2.53. The summed E-state index contributed by atoms with van der Waals surface area (Å²) in [5, 5.41) is 4.53. The van der Waals surface area contributed by atoms with Crippen LogP contribution in [-0.4, -0.2) is 18.7 Å². The summed E-state index contributed by atoms with van der Waals surface area (Å²) >= 11 is 6.05. The number of allylic oxidation sites excluding steroid dienone is 1. The summed E-state index contributed by atoms with van der Waals surface area (Å²) in [7, 11) is 0. The van der Waals surface area contributed by atoms with E-state index in [1.165, 1.54) is 6.21 Å². The van der Waals surface area contributed by atoms with Gasteiger partial charge in [-0.25, -0.2) is 5.43 Å². The molecule has 0 bridgehead atoms. The van der Waals surface area contributed by atoms with Gasteiger partial charge in [-0.1, -0.05) is 61.9 Å². The van der Waals surface area contributed by atoms with E-state index in [0.717, 1.165) is 22.4 Å². The van der Waals surface area contributed by atoms with Gasteiger partial charge in [-0.15, -0.1) is 0 Å². The molecule has 0 fully saturated rings. The van der Waals surface area contributed by atoms with Crippen LogP contribution in [0.1, 0.15) is 36.5 Å². The summed E-state index contributed by atoms with van der Waals surface area (Å²) < 4.78 is 5.66. The van der Waals surface area contributed by atoms with Gasteiger partial charge in [0.25, 0.3) is 5.91 Å². The Hall–Kier alpha value is -2.59. The molecule has 0 heterocycles. The smallest absolute Gasteiger partial charge is 0.277 e. The molecule has 0 aliphatic rings. The number of nitrogens with zero attached hydrogens (tertiary/aromatic N) is 1. The van der Waals surface area contributed by atoms with Gasteiger partial charge in [-0.3, -0.25) is 4.79 Å². The van der Waals surface area contributed by atoms with Crippen LogP contribution in [0.25, 0.3) is 6.08 Å². The van der Waals surface area contributed by atoms with Crippen molar-refractivity contribution in [2.75, 3.05) is 6.61 Å². The number of halogens is 1. The van der Waals surface area contributed by atoms with E-state index in [1.54, 1.807) is 6.08 Å². The van der Waals surface area contributed by atoms with E-state index in [-0.39, 0.29) is 12.5 Å². The second kappa shape index (κ2) is 9.78. The number of carbonyl (C=O) groups excluding carboxylic acids is 1. The van der Waals surface area contributed by atoms with E-state index in [1.807, 2.05) is 55.5 Å². The van der Waals surface area contributed by atoms with Gasteiger partial charge >= 0.3 is 0 Å². The van der Waals surface area contributed by atoms with Crippen molar-refractivity contribution in [3.8, 4) is 5.75 Å². The molecule has 0 aliphatic heterocycles. The number of hydrogen-bond donors (Lipinski definition) is 1. The maximum absolute atomic E-state index is 11.9. The Bertz CT molecular complexity index is 813. The number of carbonyl (C=O) groups is 1. The zero-order valence-electron chi connectivity index (χ0n) is 15.2. The third kappa shape index (κ3) is 6.05. The topological polar surface area (TPSA) is 50.7 Å². The maximum Gasteiger partial charge on any atom is 0.277 e. The van der Waals surface area contributed by atoms with Crippen molar-refractivity contribution in [3.63, 3.8) is 0 Å². The van der Waals surface area contributed by atoms with E-state index in [0.29, 0.717) is 10.9 Å². The molecule has 0 aromatic heterocycles. The molecular weight excluding hydrogens is 348 g/mol. The van der Waals surface area contributed by atoms with Gasteiger partial charge in [0.1, 0.15) is 5.75 Å². The minimum Gasteiger partial charge on any atom is -0.483 e. The van der Waals surface area contributed by atoms with E-state index < -0.39 is 0 Å². The molecule has 4 nitrogen and oxygen atoms in total. The average Bonchev–Trinajstić information content (AvgIpc) is 2.61. The Morgan fingerprint density at radius 3 is 2.77 bits per heavy atom. The Balaban J connectivity index is 1.84. The minimum atomic E-state index is -0.316. The van der Waals surface area contributed by atoms with Crippen molar-refractivity contribution in [3.05, 3.63) is 70.3 Å². The lowest BCUT2D eigenvalue weighted by Crippen LogP contribution is -2.24. The largest absolute Gasteiger partial charge is 0.483 e. The van der Waals surface area contributed by atoms with Crippen LogP contribution < -0.4 is 10.2 Å². The standard InChI is InChI=1S/C21H23ClN2O2/c1-15(2)18-11-10-16(3)13-20(18)26-14-21(25)24-23-12-6-8-17-7-4-5-9-19(17)22/h4-13,15H,14H2,1-3H3,(H,24,25). The second-order valence-corrected chi connectivity index (χ2v) is 6.59. The number of aryl methyl sites for hydroxylation is 1. The highest BCUT2D eigenvalue weighted by atomic mass is 35.5. The fourth-order valence-electron chi connectivity index (χ4n) is 2.33. The van der Waals surface area contributed by atoms with Crippen molar-refractivity contribution >= 4 is 29.8 Å². The van der Waals surface area contributed by atoms with Crippen LogP contribution in [-0.2, 0) is 4.79 Å². The second-order valence-electron chi connectivity index (χ2n) is 6.18. The van der Waals surface area contributed by atoms with Crippen molar-refractivity contribution in [1.82, 2.24) is 5.43 Å². The third-order valence-electron chi connectivity index (χ3n) is 3.68. The maximum atomic E-state index is 11.9. The van der Waals surface area contributed by atoms with Gasteiger partial charge in [0, 0.05) is 11.2 Å². The molecule has 0 saturated carbocycles. The molecule has 0 spiro atoms. The first kappa shape index (κ1) is 19.7. The van der Waals surface area contributed by atoms with Crippen LogP contribution in [0.3, 0.4) is 0 Å². The Morgan fingerprint density at radius 2 is 2.04 bits per heavy atom. The molecule has 0 radical (unpaired) electrons. The van der Waals surface area contributed by atoms with Gasteiger partial charge in [0.15, 0.2) is 6.61 Å². The van der Waals surface area contributed by atoms with Crippen LogP contribution in [0, 0.1) is 6.92 Å². The molecule has 2 aromatic carbocycles. The number of hydrogen-bond acceptors (Lipinski definition) is 3. The quantitative estimate of drug-likeness (QED) is 0.552. The molecule has 0 atom stereocenters. The monoisotopic (exact) mass is 370 g/mol. The normalized spacial score (nSPS) is 11.4. The molecule has 1 amide bonds. The van der Waals surface area contributed by atoms with Crippen molar-refractivity contribution in [1.29, 1.82) is 0 Å². The lowest BCUT2D eigenvalue weighted by Gasteiger charge is -2.14. The van der Waals surface area contributed by atoms with Gasteiger partial charge in [0.2, 0.25) is 0 Å². The lowest BCUT2D eigenvalue weighted by atomic mass is 10.0. The SMILES string of the molecule is Cc1ccc(C(C)C)c(OCC(=O)NN=CC=Cc2ccccc2Cl)c1. The summed E-state index contributed by atoms with van der Waals surface area (Å²) in [6.07, 6.45) is 5.02. The highest BCUT2D eigenvalue weighted by Gasteiger charge is 2.09. The van der Waals surface area contributed by atoms with E-state index in [9.17, 15) is 4.79 Å². The third-order valence-corrected chi connectivity index (χ3v) is 4.02. The molecule has 5 heteroatoms. The molecule has 0 saturated heterocycles. The van der Waals surface area contributed by atoms with Crippen LogP contribution in [0.2, 0.25) is 5.02 Å². The van der Waals surface area contributed by atoms with Crippen molar-refractivity contribution < 1.29 is 9.53 Å². The predicted molar refractivity (Wildman–Crippen MR) is 108 cm³/mol. The molecule has 2 aromatic rings. The number of hydrazone groups is 1. The zero-order valence-corrected chi connectivity index (χ0v) is 16.0. The number of ether oxygens (including phenoxy) is 1. The predicted octanol–water partition coefficient (Wildman–Crippen LogP) is 4.97. The summed E-state index contributed by atoms with van der Waals surface area (Å²) in [6, 6.07) is 13.5. The first-order valence-corrected chi connectivity index (χ1v) is 8.81. The zero-order chi connectivity index (χ0) is 18.9. The van der Waals surface area contributed by atoms with Crippen molar-refractivity contribution in [2.24, 2.45) is 5.10 Å². The minimum absolute atomic E-state index is 0.0886. The van der Waals surface area contributed by atoms with Gasteiger partial charge in [-0.2, -0.15) is 5.10 Å². The molecule has 2 rings (SSSR count). The highest BCUT2D eigenvalue weighted by molar-refractivity contribution is 6.32. The average molecular weight is 371 g/mol. The van der Waals surface area contributed by atoms with Crippen LogP contribution in [0.5, 0.6) is 5.75 Å². The summed E-state index contributed by atoms with van der Waals surface area (Å²) in [6.45, 7) is 6.09. The first-order chi connectivity index (χ1) is 12.5. The molecule has 0 aliphatic carbocycles. The highest BCUT2D eigenvalue weighted by Crippen LogP contribution is 2.27.